The summed E-state index contributed by atoms with van der Waals surface area (Å²) in [5.74, 6) is 0. The lowest BCUT2D eigenvalue weighted by Gasteiger charge is -2.06. The Hall–Kier alpha value is -1.15. The largest absolute Gasteiger partial charge is 0.283 e. The van der Waals surface area contributed by atoms with Gasteiger partial charge in [-0.3, -0.25) is 14.8 Å². The number of nitrogens with zero attached hydrogens (tertiary/aromatic N) is 1. The Balaban J connectivity index is 3.03. The fourth-order valence-corrected chi connectivity index (χ4v) is 2.01. The molecule has 0 heterocycles. The van der Waals surface area contributed by atoms with E-state index in [0.29, 0.717) is 11.3 Å². The van der Waals surface area contributed by atoms with Gasteiger partial charge in [-0.25, -0.2) is 8.42 Å². The summed E-state index contributed by atoms with van der Waals surface area (Å²) < 4.78 is 24.5. The van der Waals surface area contributed by atoms with Crippen molar-refractivity contribution in [2.45, 2.75) is 6.92 Å². The van der Waals surface area contributed by atoms with Crippen molar-refractivity contribution in [3.05, 3.63) is 33.9 Å². The number of nitro benzene ring substituents is 1. The molecule has 0 radical (unpaired) electrons. The zero-order valence-corrected chi connectivity index (χ0v) is 10.7. The highest BCUT2D eigenvalue weighted by molar-refractivity contribution is 9.10. The standard InChI is InChI=1S/C8H9BrN2O4S/c1-6-4-7(10-16(14,15)5-9)2-3-8(6)11(12)13/h2-4,10H,5H2,1H3. The molecule has 0 bridgehead atoms. The molecular formula is C8H9BrN2O4S. The Labute approximate surface area is 101 Å². The van der Waals surface area contributed by atoms with E-state index in [-0.39, 0.29) is 10.3 Å². The molecule has 0 atom stereocenters. The van der Waals surface area contributed by atoms with E-state index in [9.17, 15) is 18.5 Å². The first-order valence-electron chi connectivity index (χ1n) is 4.17. The lowest BCUT2D eigenvalue weighted by Crippen LogP contribution is -2.13. The van der Waals surface area contributed by atoms with Gasteiger partial charge in [-0.15, -0.1) is 0 Å². The van der Waals surface area contributed by atoms with Crippen LogP contribution in [0.2, 0.25) is 0 Å². The Morgan fingerprint density at radius 1 is 1.50 bits per heavy atom. The van der Waals surface area contributed by atoms with Crippen LogP contribution in [0.5, 0.6) is 0 Å². The van der Waals surface area contributed by atoms with Gasteiger partial charge in [0, 0.05) is 17.3 Å². The quantitative estimate of drug-likeness (QED) is 0.523. The molecule has 1 N–H and O–H groups in total. The SMILES string of the molecule is Cc1cc(NS(=O)(=O)CBr)ccc1[N+](=O)[O-]. The van der Waals surface area contributed by atoms with E-state index >= 15 is 0 Å². The van der Waals surface area contributed by atoms with E-state index in [1.54, 1.807) is 6.92 Å². The van der Waals surface area contributed by atoms with Crippen molar-refractivity contribution in [2.75, 3.05) is 9.38 Å². The third kappa shape index (κ3) is 3.17. The first kappa shape index (κ1) is 12.9. The first-order valence-corrected chi connectivity index (χ1v) is 6.94. The number of hydrogen-bond acceptors (Lipinski definition) is 4. The molecule has 0 aromatic heterocycles. The van der Waals surface area contributed by atoms with E-state index < -0.39 is 14.9 Å². The molecule has 0 saturated carbocycles. The molecule has 1 rings (SSSR count). The van der Waals surface area contributed by atoms with Gasteiger partial charge in [-0.2, -0.15) is 0 Å². The highest BCUT2D eigenvalue weighted by Crippen LogP contribution is 2.22. The van der Waals surface area contributed by atoms with Gasteiger partial charge in [0.1, 0.15) is 4.66 Å². The Bertz CT molecular complexity index is 515. The number of hydrogen-bond donors (Lipinski definition) is 1. The van der Waals surface area contributed by atoms with Gasteiger partial charge in [0.2, 0.25) is 10.0 Å². The summed E-state index contributed by atoms with van der Waals surface area (Å²) in [5.41, 5.74) is 0.670. The highest BCUT2D eigenvalue weighted by Gasteiger charge is 2.13. The van der Waals surface area contributed by atoms with Crippen molar-refractivity contribution in [2.24, 2.45) is 0 Å². The van der Waals surface area contributed by atoms with Gasteiger partial charge in [0.15, 0.2) is 0 Å². The molecule has 88 valence electrons. The number of nitrogens with one attached hydrogen (secondary N) is 1. The smallest absolute Gasteiger partial charge is 0.272 e. The molecule has 0 fully saturated rings. The van der Waals surface area contributed by atoms with Crippen molar-refractivity contribution >= 4 is 37.3 Å². The first-order chi connectivity index (χ1) is 7.35. The van der Waals surface area contributed by atoms with Gasteiger partial charge < -0.3 is 0 Å². The number of rotatable bonds is 4. The van der Waals surface area contributed by atoms with Crippen molar-refractivity contribution < 1.29 is 13.3 Å². The van der Waals surface area contributed by atoms with Crippen LogP contribution >= 0.6 is 15.9 Å². The molecule has 0 unspecified atom stereocenters. The fraction of sp³-hybridized carbons (Fsp3) is 0.250. The predicted octanol–water partition coefficient (Wildman–Crippen LogP) is 2.00. The average Bonchev–Trinajstić information content (AvgIpc) is 2.16. The second kappa shape index (κ2) is 4.79. The van der Waals surface area contributed by atoms with Gasteiger partial charge in [-0.1, -0.05) is 15.9 Å². The lowest BCUT2D eigenvalue weighted by atomic mass is 10.2. The molecule has 6 nitrogen and oxygen atoms in total. The Morgan fingerprint density at radius 3 is 2.56 bits per heavy atom. The molecule has 16 heavy (non-hydrogen) atoms. The highest BCUT2D eigenvalue weighted by atomic mass is 79.9. The predicted molar refractivity (Wildman–Crippen MR) is 64.2 cm³/mol. The number of alkyl halides is 1. The van der Waals surface area contributed by atoms with Crippen LogP contribution in [0.4, 0.5) is 11.4 Å². The van der Waals surface area contributed by atoms with Crippen molar-refractivity contribution in [3.63, 3.8) is 0 Å². The fourth-order valence-electron chi connectivity index (χ4n) is 1.13. The lowest BCUT2D eigenvalue weighted by molar-refractivity contribution is -0.385. The maximum atomic E-state index is 11.2. The summed E-state index contributed by atoms with van der Waals surface area (Å²) in [4.78, 5) is 10.0. The van der Waals surface area contributed by atoms with E-state index in [2.05, 4.69) is 20.7 Å². The van der Waals surface area contributed by atoms with E-state index in [0.717, 1.165) is 0 Å². The average molecular weight is 309 g/mol. The number of nitro groups is 1. The minimum absolute atomic E-state index is 0.0400. The monoisotopic (exact) mass is 308 g/mol. The second-order valence-corrected chi connectivity index (χ2v) is 6.11. The van der Waals surface area contributed by atoms with Crippen LogP contribution in [0, 0.1) is 17.0 Å². The minimum Gasteiger partial charge on any atom is -0.283 e. The van der Waals surface area contributed by atoms with Gasteiger partial charge in [-0.05, 0) is 19.1 Å². The number of aryl methyl sites for hydroxylation is 1. The van der Waals surface area contributed by atoms with Gasteiger partial charge >= 0.3 is 0 Å². The molecule has 0 spiro atoms. The third-order valence-electron chi connectivity index (χ3n) is 1.81. The van der Waals surface area contributed by atoms with Crippen molar-refractivity contribution in [1.29, 1.82) is 0 Å². The molecule has 1 aromatic rings. The summed E-state index contributed by atoms with van der Waals surface area (Å²) in [6.45, 7) is 1.55. The summed E-state index contributed by atoms with van der Waals surface area (Å²) in [5, 5.41) is 10.5. The molecule has 0 aliphatic rings. The number of halogens is 1. The molecule has 8 heteroatoms. The minimum atomic E-state index is -3.43. The van der Waals surface area contributed by atoms with Crippen LogP contribution in [-0.2, 0) is 10.0 Å². The van der Waals surface area contributed by atoms with Crippen LogP contribution in [0.3, 0.4) is 0 Å². The van der Waals surface area contributed by atoms with Crippen molar-refractivity contribution in [3.8, 4) is 0 Å². The number of anilines is 1. The molecule has 1 aromatic carbocycles. The Morgan fingerprint density at radius 2 is 2.12 bits per heavy atom. The summed E-state index contributed by atoms with van der Waals surface area (Å²) >= 11 is 2.83. The van der Waals surface area contributed by atoms with Gasteiger partial charge in [0.05, 0.1) is 4.92 Å². The molecular weight excluding hydrogens is 300 g/mol. The van der Waals surface area contributed by atoms with E-state index in [1.165, 1.54) is 18.2 Å². The summed E-state index contributed by atoms with van der Waals surface area (Å²) in [7, 11) is -3.43. The molecule has 0 amide bonds. The second-order valence-electron chi connectivity index (χ2n) is 3.08. The molecule has 0 saturated heterocycles. The normalized spacial score (nSPS) is 11.1. The summed E-state index contributed by atoms with van der Waals surface area (Å²) in [6, 6.07) is 4.03. The zero-order chi connectivity index (χ0) is 12.3. The molecule has 0 aliphatic heterocycles. The number of sulfonamides is 1. The van der Waals surface area contributed by atoms with Gasteiger partial charge in [0.25, 0.3) is 5.69 Å². The summed E-state index contributed by atoms with van der Waals surface area (Å²) in [6.07, 6.45) is 0. The third-order valence-corrected chi connectivity index (χ3v) is 4.45. The number of benzene rings is 1. The Kier molecular flexibility index (Phi) is 3.87. The zero-order valence-electron chi connectivity index (χ0n) is 8.31. The van der Waals surface area contributed by atoms with Crippen LogP contribution < -0.4 is 4.72 Å². The van der Waals surface area contributed by atoms with Crippen molar-refractivity contribution in [1.82, 2.24) is 0 Å². The van der Waals surface area contributed by atoms with Crippen LogP contribution in [0.25, 0.3) is 0 Å². The van der Waals surface area contributed by atoms with Crippen LogP contribution in [-0.4, -0.2) is 18.0 Å². The van der Waals surface area contributed by atoms with Crippen LogP contribution in [0.1, 0.15) is 5.56 Å². The topological polar surface area (TPSA) is 89.3 Å². The van der Waals surface area contributed by atoms with Crippen LogP contribution in [0.15, 0.2) is 18.2 Å². The van der Waals surface area contributed by atoms with E-state index in [1.807, 2.05) is 0 Å². The molecule has 0 aliphatic carbocycles. The van der Waals surface area contributed by atoms with E-state index in [4.69, 9.17) is 0 Å². The maximum Gasteiger partial charge on any atom is 0.272 e. The maximum absolute atomic E-state index is 11.2.